The zero-order chi connectivity index (χ0) is 17.2. The molecule has 6 heteroatoms. The second-order valence-electron chi connectivity index (χ2n) is 5.36. The van der Waals surface area contributed by atoms with Crippen molar-refractivity contribution in [1.82, 2.24) is 14.8 Å². The van der Waals surface area contributed by atoms with E-state index in [1.807, 2.05) is 60.8 Å². The van der Waals surface area contributed by atoms with Crippen molar-refractivity contribution in [3.63, 3.8) is 0 Å². The molecule has 4 rings (SSSR count). The van der Waals surface area contributed by atoms with Crippen molar-refractivity contribution in [3.05, 3.63) is 72.0 Å². The normalized spacial score (nSPS) is 10.8. The molecule has 0 bridgehead atoms. The Kier molecular flexibility index (Phi) is 3.99. The fourth-order valence-electron chi connectivity index (χ4n) is 2.51. The Hall–Kier alpha value is -3.05. The zero-order valence-electron chi connectivity index (χ0n) is 13.4. The number of hydrogen-bond acceptors (Lipinski definition) is 4. The van der Waals surface area contributed by atoms with Crippen molar-refractivity contribution < 1.29 is 9.15 Å². The van der Waals surface area contributed by atoms with Gasteiger partial charge in [-0.2, -0.15) is 10.1 Å². The molecule has 4 aromatic rings. The monoisotopic (exact) mass is 351 g/mol. The number of oxazole rings is 1. The Bertz CT molecular complexity index is 975. The summed E-state index contributed by atoms with van der Waals surface area (Å²) in [7, 11) is 1.64. The average Bonchev–Trinajstić information content (AvgIpc) is 3.32. The van der Waals surface area contributed by atoms with E-state index in [4.69, 9.17) is 20.8 Å². The largest absolute Gasteiger partial charge is 0.497 e. The van der Waals surface area contributed by atoms with Gasteiger partial charge in [0.1, 0.15) is 5.75 Å². The number of benzene rings is 2. The number of nitrogens with zero attached hydrogens (tertiary/aromatic N) is 3. The van der Waals surface area contributed by atoms with E-state index in [0.29, 0.717) is 22.5 Å². The van der Waals surface area contributed by atoms with Gasteiger partial charge in [0, 0.05) is 28.5 Å². The van der Waals surface area contributed by atoms with Gasteiger partial charge in [-0.15, -0.1) is 0 Å². The van der Waals surface area contributed by atoms with Crippen LogP contribution in [0, 0.1) is 0 Å². The molecule has 0 fully saturated rings. The summed E-state index contributed by atoms with van der Waals surface area (Å²) >= 11 is 5.96. The second-order valence-corrected chi connectivity index (χ2v) is 5.79. The smallest absolute Gasteiger partial charge is 0.228 e. The van der Waals surface area contributed by atoms with Gasteiger partial charge in [0.2, 0.25) is 11.7 Å². The van der Waals surface area contributed by atoms with Crippen LogP contribution in [-0.2, 0) is 0 Å². The lowest BCUT2D eigenvalue weighted by atomic mass is 10.1. The van der Waals surface area contributed by atoms with Crippen LogP contribution in [0.3, 0.4) is 0 Å². The summed E-state index contributed by atoms with van der Waals surface area (Å²) in [6.45, 7) is 0. The zero-order valence-corrected chi connectivity index (χ0v) is 14.1. The van der Waals surface area contributed by atoms with Crippen LogP contribution >= 0.6 is 11.6 Å². The lowest BCUT2D eigenvalue weighted by molar-refractivity contribution is 0.415. The third-order valence-corrected chi connectivity index (χ3v) is 4.03. The molecule has 0 saturated carbocycles. The Morgan fingerprint density at radius 1 is 1.00 bits per heavy atom. The predicted octanol–water partition coefficient (Wildman–Crippen LogP) is 4.86. The first-order valence-corrected chi connectivity index (χ1v) is 8.03. The van der Waals surface area contributed by atoms with Crippen molar-refractivity contribution in [1.29, 1.82) is 0 Å². The van der Waals surface area contributed by atoms with E-state index in [-0.39, 0.29) is 0 Å². The Balaban J connectivity index is 1.84. The highest BCUT2D eigenvalue weighted by Crippen LogP contribution is 2.33. The first kappa shape index (κ1) is 15.5. The topological polar surface area (TPSA) is 53.1 Å². The molecule has 0 amide bonds. The summed E-state index contributed by atoms with van der Waals surface area (Å²) in [4.78, 5) is 4.63. The molecule has 2 heterocycles. The molecular weight excluding hydrogens is 338 g/mol. The van der Waals surface area contributed by atoms with E-state index in [1.54, 1.807) is 18.0 Å². The van der Waals surface area contributed by atoms with E-state index < -0.39 is 0 Å². The van der Waals surface area contributed by atoms with Crippen LogP contribution in [0.15, 0.2) is 71.4 Å². The molecule has 0 unspecified atom stereocenters. The summed E-state index contributed by atoms with van der Waals surface area (Å²) in [5.41, 5.74) is 1.73. The number of ether oxygens (including phenoxy) is 1. The second kappa shape index (κ2) is 6.45. The molecular formula is C19H14ClN3O2. The van der Waals surface area contributed by atoms with Crippen molar-refractivity contribution in [2.45, 2.75) is 0 Å². The molecule has 25 heavy (non-hydrogen) atoms. The van der Waals surface area contributed by atoms with E-state index in [9.17, 15) is 0 Å². The standard InChI is InChI=1S/C19H14ClN3O2/c1-24-16-9-5-13(6-10-16)17-18(23-12-2-11-21-23)22-19(25-17)14-3-7-15(20)8-4-14/h2-12H,1H3. The van der Waals surface area contributed by atoms with Crippen molar-refractivity contribution >= 4 is 11.6 Å². The van der Waals surface area contributed by atoms with Crippen LogP contribution in [0.5, 0.6) is 5.75 Å². The molecule has 0 saturated heterocycles. The van der Waals surface area contributed by atoms with Crippen LogP contribution in [0.25, 0.3) is 28.6 Å². The third kappa shape index (κ3) is 3.02. The minimum atomic E-state index is 0.507. The van der Waals surface area contributed by atoms with Gasteiger partial charge < -0.3 is 9.15 Å². The van der Waals surface area contributed by atoms with Crippen LogP contribution in [0.4, 0.5) is 0 Å². The van der Waals surface area contributed by atoms with Gasteiger partial charge >= 0.3 is 0 Å². The molecule has 2 aromatic carbocycles. The molecule has 124 valence electrons. The number of hydrogen-bond donors (Lipinski definition) is 0. The van der Waals surface area contributed by atoms with Gasteiger partial charge in [0.05, 0.1) is 7.11 Å². The van der Waals surface area contributed by atoms with Crippen molar-refractivity contribution in [2.75, 3.05) is 7.11 Å². The summed E-state index contributed by atoms with van der Waals surface area (Å²) in [6.07, 6.45) is 3.53. The maximum absolute atomic E-state index is 6.07. The number of rotatable bonds is 4. The van der Waals surface area contributed by atoms with E-state index in [1.165, 1.54) is 0 Å². The highest BCUT2D eigenvalue weighted by atomic mass is 35.5. The Labute approximate surface area is 149 Å². The fraction of sp³-hybridized carbons (Fsp3) is 0.0526. The number of aromatic nitrogens is 3. The van der Waals surface area contributed by atoms with Crippen LogP contribution in [0.1, 0.15) is 0 Å². The maximum Gasteiger partial charge on any atom is 0.228 e. The Morgan fingerprint density at radius 3 is 2.36 bits per heavy atom. The number of halogens is 1. The summed E-state index contributed by atoms with van der Waals surface area (Å²) in [5, 5.41) is 4.94. The first-order chi connectivity index (χ1) is 12.2. The minimum absolute atomic E-state index is 0.507. The average molecular weight is 352 g/mol. The minimum Gasteiger partial charge on any atom is -0.497 e. The maximum atomic E-state index is 6.07. The van der Waals surface area contributed by atoms with E-state index >= 15 is 0 Å². The molecule has 0 radical (unpaired) electrons. The first-order valence-electron chi connectivity index (χ1n) is 7.66. The molecule has 2 aromatic heterocycles. The predicted molar refractivity (Wildman–Crippen MR) is 96.1 cm³/mol. The molecule has 0 aliphatic rings. The van der Waals surface area contributed by atoms with Gasteiger partial charge in [0.15, 0.2) is 5.76 Å². The number of methoxy groups -OCH3 is 1. The van der Waals surface area contributed by atoms with Crippen LogP contribution < -0.4 is 4.74 Å². The van der Waals surface area contributed by atoms with Gasteiger partial charge in [-0.05, 0) is 54.6 Å². The van der Waals surface area contributed by atoms with Gasteiger partial charge in [-0.3, -0.25) is 0 Å². The SMILES string of the molecule is COc1ccc(-c2oc(-c3ccc(Cl)cc3)nc2-n2cccn2)cc1. The van der Waals surface area contributed by atoms with E-state index in [0.717, 1.165) is 16.9 Å². The fourth-order valence-corrected chi connectivity index (χ4v) is 2.63. The highest BCUT2D eigenvalue weighted by Gasteiger charge is 2.18. The highest BCUT2D eigenvalue weighted by molar-refractivity contribution is 6.30. The van der Waals surface area contributed by atoms with Gasteiger partial charge in [0.25, 0.3) is 0 Å². The molecule has 0 spiro atoms. The molecule has 0 aliphatic heterocycles. The summed E-state index contributed by atoms with van der Waals surface area (Å²) in [5.74, 6) is 2.55. The molecule has 0 N–H and O–H groups in total. The van der Waals surface area contributed by atoms with Crippen molar-refractivity contribution in [3.8, 4) is 34.3 Å². The van der Waals surface area contributed by atoms with Crippen molar-refractivity contribution in [2.24, 2.45) is 0 Å². The molecule has 0 atom stereocenters. The van der Waals surface area contributed by atoms with Crippen LogP contribution in [-0.4, -0.2) is 21.9 Å². The summed E-state index contributed by atoms with van der Waals surface area (Å²) < 4.78 is 13.0. The van der Waals surface area contributed by atoms with Crippen LogP contribution in [0.2, 0.25) is 5.02 Å². The quantitative estimate of drug-likeness (QED) is 0.527. The van der Waals surface area contributed by atoms with E-state index in [2.05, 4.69) is 10.1 Å². The van der Waals surface area contributed by atoms with Gasteiger partial charge in [-0.1, -0.05) is 11.6 Å². The van der Waals surface area contributed by atoms with Gasteiger partial charge in [-0.25, -0.2) is 4.68 Å². The summed E-state index contributed by atoms with van der Waals surface area (Å²) in [6, 6.07) is 16.8. The Morgan fingerprint density at radius 2 is 1.72 bits per heavy atom. The molecule has 0 aliphatic carbocycles. The lowest BCUT2D eigenvalue weighted by Gasteiger charge is -2.03. The molecule has 5 nitrogen and oxygen atoms in total. The lowest BCUT2D eigenvalue weighted by Crippen LogP contribution is -1.96. The third-order valence-electron chi connectivity index (χ3n) is 3.77.